The van der Waals surface area contributed by atoms with E-state index in [0.29, 0.717) is 0 Å². The van der Waals surface area contributed by atoms with Gasteiger partial charge in [-0.25, -0.2) is 0 Å². The van der Waals surface area contributed by atoms with Crippen molar-refractivity contribution in [3.05, 3.63) is 72.8 Å². The highest BCUT2D eigenvalue weighted by molar-refractivity contribution is 6.99. The van der Waals surface area contributed by atoms with Crippen molar-refractivity contribution in [2.45, 2.75) is 0 Å². The summed E-state index contributed by atoms with van der Waals surface area (Å²) in [4.78, 5) is 0. The second-order valence-corrected chi connectivity index (χ2v) is 6.57. The average molecular weight is 357 g/mol. The number of benzene rings is 3. The van der Waals surface area contributed by atoms with Gasteiger partial charge in [0.05, 0.1) is 0 Å². The van der Waals surface area contributed by atoms with Crippen molar-refractivity contribution in [3.63, 3.8) is 0 Å². The van der Waals surface area contributed by atoms with Gasteiger partial charge in [0.15, 0.2) is 0 Å². The molecule has 1 saturated heterocycles. The summed E-state index contributed by atoms with van der Waals surface area (Å²) in [5.74, 6) is 0.661. The predicted octanol–water partition coefficient (Wildman–Crippen LogP) is -0.928. The Kier molecular flexibility index (Phi) is 4.81. The standard InChI is InChI=1S/C18H18B3N3O3/c25-16-7-1-13(2-8-16)19-22-20(14-3-9-17(26)10-4-14)24-21(23-19)15-5-11-18(27)12-6-15/h1-12,22-27H. The summed E-state index contributed by atoms with van der Waals surface area (Å²) in [6, 6.07) is 21.2. The maximum atomic E-state index is 9.57. The summed E-state index contributed by atoms with van der Waals surface area (Å²) in [7, 11) is 0. The minimum Gasteiger partial charge on any atom is -0.508 e. The van der Waals surface area contributed by atoms with Gasteiger partial charge in [0, 0.05) is 0 Å². The molecule has 3 aromatic rings. The number of rotatable bonds is 3. The molecule has 0 spiro atoms. The molecule has 27 heavy (non-hydrogen) atoms. The molecule has 0 aliphatic carbocycles. The highest BCUT2D eigenvalue weighted by atomic mass is 16.3. The molecule has 4 rings (SSSR count). The summed E-state index contributed by atoms with van der Waals surface area (Å²) >= 11 is 0. The first kappa shape index (κ1) is 17.5. The van der Waals surface area contributed by atoms with Crippen LogP contribution in [0.5, 0.6) is 17.2 Å². The third-order valence-corrected chi connectivity index (χ3v) is 4.68. The van der Waals surface area contributed by atoms with E-state index in [0.717, 1.165) is 16.4 Å². The van der Waals surface area contributed by atoms with Gasteiger partial charge < -0.3 is 30.7 Å². The molecule has 1 aliphatic rings. The van der Waals surface area contributed by atoms with E-state index in [1.807, 2.05) is 36.4 Å². The van der Waals surface area contributed by atoms with Crippen LogP contribution in [0, 0.1) is 0 Å². The van der Waals surface area contributed by atoms with Crippen molar-refractivity contribution in [3.8, 4) is 17.2 Å². The Balaban J connectivity index is 1.66. The summed E-state index contributed by atoms with van der Waals surface area (Å²) < 4.78 is 0. The van der Waals surface area contributed by atoms with E-state index in [1.54, 1.807) is 36.4 Å². The lowest BCUT2D eigenvalue weighted by Crippen LogP contribution is -2.83. The van der Waals surface area contributed by atoms with E-state index in [-0.39, 0.29) is 38.2 Å². The van der Waals surface area contributed by atoms with Crippen LogP contribution in [0.4, 0.5) is 0 Å². The average Bonchev–Trinajstić information content (AvgIpc) is 2.69. The van der Waals surface area contributed by atoms with E-state index in [1.165, 1.54) is 0 Å². The molecule has 1 aliphatic heterocycles. The molecule has 0 atom stereocenters. The monoisotopic (exact) mass is 357 g/mol. The second-order valence-electron chi connectivity index (χ2n) is 6.57. The van der Waals surface area contributed by atoms with Crippen molar-refractivity contribution in [2.75, 3.05) is 0 Å². The normalized spacial score (nSPS) is 14.4. The minimum atomic E-state index is -0.163. The molecule has 0 unspecified atom stereocenters. The van der Waals surface area contributed by atoms with E-state index in [4.69, 9.17) is 0 Å². The van der Waals surface area contributed by atoms with Crippen molar-refractivity contribution in [1.82, 2.24) is 15.4 Å². The molecule has 0 radical (unpaired) electrons. The summed E-state index contributed by atoms with van der Waals surface area (Å²) in [5.41, 5.74) is 2.96. The zero-order valence-electron chi connectivity index (χ0n) is 14.5. The Morgan fingerprint density at radius 1 is 0.407 bits per heavy atom. The van der Waals surface area contributed by atoms with Crippen LogP contribution in [-0.4, -0.2) is 36.3 Å². The minimum absolute atomic E-state index is 0.163. The number of phenolic OH excluding ortho intramolecular Hbond substituents is 3. The fraction of sp³-hybridized carbons (Fsp3) is 0. The fourth-order valence-corrected chi connectivity index (χ4v) is 3.22. The number of phenols is 3. The lowest BCUT2D eigenvalue weighted by molar-refractivity contribution is 0.475. The van der Waals surface area contributed by atoms with Gasteiger partial charge in [-0.2, -0.15) is 0 Å². The van der Waals surface area contributed by atoms with E-state index in [9.17, 15) is 15.3 Å². The summed E-state index contributed by atoms with van der Waals surface area (Å²) in [6.07, 6.45) is 0. The Hall–Kier alpha value is -2.87. The largest absolute Gasteiger partial charge is 0.508 e. The van der Waals surface area contributed by atoms with E-state index < -0.39 is 0 Å². The van der Waals surface area contributed by atoms with Gasteiger partial charge in [0.1, 0.15) is 17.2 Å². The van der Waals surface area contributed by atoms with Crippen molar-refractivity contribution in [2.24, 2.45) is 0 Å². The van der Waals surface area contributed by atoms with Gasteiger partial charge in [-0.3, -0.25) is 0 Å². The van der Waals surface area contributed by atoms with Gasteiger partial charge in [-0.15, -0.1) is 0 Å². The van der Waals surface area contributed by atoms with Gasteiger partial charge in [0.25, 0.3) is 0 Å². The second kappa shape index (κ2) is 7.40. The van der Waals surface area contributed by atoms with Gasteiger partial charge in [-0.05, 0) is 52.8 Å². The van der Waals surface area contributed by atoms with Crippen molar-refractivity contribution >= 4 is 37.3 Å². The molecule has 9 heteroatoms. The Morgan fingerprint density at radius 2 is 0.630 bits per heavy atom. The number of hydrogen-bond acceptors (Lipinski definition) is 6. The van der Waals surface area contributed by atoms with Crippen molar-refractivity contribution in [1.29, 1.82) is 0 Å². The SMILES string of the molecule is Oc1ccc(B2NB(c3ccc(O)cc3)NB(c3ccc(O)cc3)N2)cc1. The Bertz CT molecular complexity index is 779. The molecule has 1 heterocycles. The topological polar surface area (TPSA) is 96.8 Å². The molecular weight excluding hydrogens is 339 g/mol. The lowest BCUT2D eigenvalue weighted by atomic mass is 9.43. The van der Waals surface area contributed by atoms with Crippen LogP contribution in [0.15, 0.2) is 72.8 Å². The number of nitrogens with one attached hydrogen (secondary N) is 3. The van der Waals surface area contributed by atoms with Crippen LogP contribution in [-0.2, 0) is 0 Å². The third kappa shape index (κ3) is 3.95. The van der Waals surface area contributed by atoms with E-state index >= 15 is 0 Å². The molecule has 1 fully saturated rings. The lowest BCUT2D eigenvalue weighted by Gasteiger charge is -2.34. The first-order chi connectivity index (χ1) is 13.1. The van der Waals surface area contributed by atoms with Gasteiger partial charge in [0.2, 0.25) is 0 Å². The maximum Gasteiger partial charge on any atom is 0.320 e. The summed E-state index contributed by atoms with van der Waals surface area (Å²) in [6.45, 7) is -0.488. The highest BCUT2D eigenvalue weighted by Crippen LogP contribution is 2.07. The highest BCUT2D eigenvalue weighted by Gasteiger charge is 2.37. The fourth-order valence-electron chi connectivity index (χ4n) is 3.22. The Morgan fingerprint density at radius 3 is 0.852 bits per heavy atom. The van der Waals surface area contributed by atoms with Crippen LogP contribution in [0.25, 0.3) is 0 Å². The quantitative estimate of drug-likeness (QED) is 0.340. The Labute approximate surface area is 158 Å². The molecule has 0 amide bonds. The molecule has 6 N–H and O–H groups in total. The van der Waals surface area contributed by atoms with Crippen LogP contribution in [0.3, 0.4) is 0 Å². The smallest absolute Gasteiger partial charge is 0.320 e. The summed E-state index contributed by atoms with van der Waals surface area (Å²) in [5, 5.41) is 39.2. The number of aromatic hydroxyl groups is 3. The van der Waals surface area contributed by atoms with Gasteiger partial charge >= 0.3 is 20.9 Å². The van der Waals surface area contributed by atoms with Crippen LogP contribution >= 0.6 is 0 Å². The molecule has 0 saturated carbocycles. The zero-order chi connectivity index (χ0) is 18.8. The van der Waals surface area contributed by atoms with E-state index in [2.05, 4.69) is 15.4 Å². The first-order valence-electron chi connectivity index (χ1n) is 8.73. The van der Waals surface area contributed by atoms with Crippen LogP contribution < -0.4 is 31.8 Å². The molecule has 3 aromatic carbocycles. The molecule has 6 nitrogen and oxygen atoms in total. The molecule has 132 valence electrons. The molecule has 0 aromatic heterocycles. The number of hydrogen-bond donors (Lipinski definition) is 6. The maximum absolute atomic E-state index is 9.57. The third-order valence-electron chi connectivity index (χ3n) is 4.68. The van der Waals surface area contributed by atoms with Gasteiger partial charge in [-0.1, -0.05) is 36.4 Å². The molecular formula is C18H18B3N3O3. The zero-order valence-corrected chi connectivity index (χ0v) is 14.5. The van der Waals surface area contributed by atoms with Crippen molar-refractivity contribution < 1.29 is 15.3 Å². The molecule has 0 bridgehead atoms. The first-order valence-corrected chi connectivity index (χ1v) is 8.73. The van der Waals surface area contributed by atoms with Crippen LogP contribution in [0.1, 0.15) is 0 Å². The predicted molar refractivity (Wildman–Crippen MR) is 110 cm³/mol. The van der Waals surface area contributed by atoms with Crippen LogP contribution in [0.2, 0.25) is 0 Å².